The zero-order valence-corrected chi connectivity index (χ0v) is 12.4. The SMILES string of the molecule is Cc1ccc(C(=O)N(C)C(CN)C2CC2)c(Br)c1. The van der Waals surface area contributed by atoms with E-state index in [1.54, 1.807) is 4.90 Å². The molecule has 0 spiro atoms. The van der Waals surface area contributed by atoms with Gasteiger partial charge >= 0.3 is 0 Å². The Morgan fingerprint density at radius 1 is 1.56 bits per heavy atom. The lowest BCUT2D eigenvalue weighted by atomic mass is 10.1. The third-order valence-corrected chi connectivity index (χ3v) is 4.24. The monoisotopic (exact) mass is 310 g/mol. The van der Waals surface area contributed by atoms with E-state index < -0.39 is 0 Å². The van der Waals surface area contributed by atoms with Gasteiger partial charge in [0.25, 0.3) is 5.91 Å². The first-order chi connectivity index (χ1) is 8.54. The third-order valence-electron chi connectivity index (χ3n) is 3.58. The van der Waals surface area contributed by atoms with E-state index in [1.165, 1.54) is 12.8 Å². The molecule has 0 radical (unpaired) electrons. The van der Waals surface area contributed by atoms with Gasteiger partial charge in [-0.25, -0.2) is 0 Å². The van der Waals surface area contributed by atoms with Crippen LogP contribution in [0.3, 0.4) is 0 Å². The lowest BCUT2D eigenvalue weighted by molar-refractivity contribution is 0.0718. The van der Waals surface area contributed by atoms with Crippen molar-refractivity contribution in [1.29, 1.82) is 0 Å². The molecule has 2 rings (SSSR count). The molecule has 1 aliphatic rings. The van der Waals surface area contributed by atoms with Crippen LogP contribution in [-0.2, 0) is 0 Å². The van der Waals surface area contributed by atoms with Crippen molar-refractivity contribution in [2.45, 2.75) is 25.8 Å². The largest absolute Gasteiger partial charge is 0.337 e. The second-order valence-corrected chi connectivity index (χ2v) is 5.89. The van der Waals surface area contributed by atoms with Crippen molar-refractivity contribution in [3.05, 3.63) is 33.8 Å². The number of benzene rings is 1. The maximum Gasteiger partial charge on any atom is 0.255 e. The summed E-state index contributed by atoms with van der Waals surface area (Å²) in [5, 5.41) is 0. The molecule has 1 saturated carbocycles. The first-order valence-corrected chi connectivity index (χ1v) is 7.07. The number of hydrogen-bond donors (Lipinski definition) is 1. The summed E-state index contributed by atoms with van der Waals surface area (Å²) in [7, 11) is 1.85. The molecule has 4 heteroatoms. The van der Waals surface area contributed by atoms with Gasteiger partial charge in [-0.3, -0.25) is 4.79 Å². The Balaban J connectivity index is 2.19. The lowest BCUT2D eigenvalue weighted by Gasteiger charge is -2.27. The summed E-state index contributed by atoms with van der Waals surface area (Å²) >= 11 is 3.46. The van der Waals surface area contributed by atoms with Gasteiger partial charge in [-0.2, -0.15) is 0 Å². The second kappa shape index (κ2) is 5.41. The maximum atomic E-state index is 12.4. The van der Waals surface area contributed by atoms with Crippen LogP contribution in [0, 0.1) is 12.8 Å². The van der Waals surface area contributed by atoms with E-state index in [2.05, 4.69) is 15.9 Å². The number of nitrogens with zero attached hydrogens (tertiary/aromatic N) is 1. The zero-order chi connectivity index (χ0) is 13.3. The summed E-state index contributed by atoms with van der Waals surface area (Å²) in [6, 6.07) is 5.97. The molecule has 0 heterocycles. The topological polar surface area (TPSA) is 46.3 Å². The minimum Gasteiger partial charge on any atom is -0.337 e. The number of aryl methyl sites for hydroxylation is 1. The maximum absolute atomic E-state index is 12.4. The number of nitrogens with two attached hydrogens (primary N) is 1. The van der Waals surface area contributed by atoms with Gasteiger partial charge < -0.3 is 10.6 Å². The molecule has 1 amide bonds. The van der Waals surface area contributed by atoms with Crippen LogP contribution < -0.4 is 5.73 Å². The minimum absolute atomic E-state index is 0.0456. The van der Waals surface area contributed by atoms with Crippen molar-refractivity contribution in [2.75, 3.05) is 13.6 Å². The number of hydrogen-bond acceptors (Lipinski definition) is 2. The van der Waals surface area contributed by atoms with Gasteiger partial charge in [-0.15, -0.1) is 0 Å². The molecule has 0 aliphatic heterocycles. The highest BCUT2D eigenvalue weighted by Crippen LogP contribution is 2.35. The van der Waals surface area contributed by atoms with Crippen LogP contribution in [0.5, 0.6) is 0 Å². The first kappa shape index (κ1) is 13.6. The average Bonchev–Trinajstić information content (AvgIpc) is 3.13. The molecule has 3 nitrogen and oxygen atoms in total. The van der Waals surface area contributed by atoms with Gasteiger partial charge in [0.2, 0.25) is 0 Å². The van der Waals surface area contributed by atoms with Crippen LogP contribution in [0.25, 0.3) is 0 Å². The van der Waals surface area contributed by atoms with Crippen LogP contribution in [-0.4, -0.2) is 30.4 Å². The van der Waals surface area contributed by atoms with Crippen LogP contribution in [0.4, 0.5) is 0 Å². The predicted molar refractivity (Wildman–Crippen MR) is 76.5 cm³/mol. The van der Waals surface area contributed by atoms with Crippen LogP contribution in [0.15, 0.2) is 22.7 Å². The molecule has 2 N–H and O–H groups in total. The third kappa shape index (κ3) is 2.75. The molecule has 18 heavy (non-hydrogen) atoms. The second-order valence-electron chi connectivity index (χ2n) is 5.04. The van der Waals surface area contributed by atoms with Gasteiger partial charge in [-0.05, 0) is 59.3 Å². The van der Waals surface area contributed by atoms with Gasteiger partial charge in [-0.1, -0.05) is 6.07 Å². The van der Waals surface area contributed by atoms with E-state index in [0.29, 0.717) is 18.0 Å². The van der Waals surface area contributed by atoms with Crippen molar-refractivity contribution < 1.29 is 4.79 Å². The number of rotatable bonds is 4. The Bertz CT molecular complexity index is 457. The number of likely N-dealkylation sites (N-methyl/N-ethyl adjacent to an activating group) is 1. The fourth-order valence-electron chi connectivity index (χ4n) is 2.28. The molecule has 1 fully saturated rings. The van der Waals surface area contributed by atoms with E-state index in [-0.39, 0.29) is 11.9 Å². The number of halogens is 1. The van der Waals surface area contributed by atoms with E-state index >= 15 is 0 Å². The lowest BCUT2D eigenvalue weighted by Crippen LogP contribution is -2.43. The molecule has 0 saturated heterocycles. The van der Waals surface area contributed by atoms with Crippen LogP contribution in [0.1, 0.15) is 28.8 Å². The fourth-order valence-corrected chi connectivity index (χ4v) is 2.94. The van der Waals surface area contributed by atoms with Crippen molar-refractivity contribution >= 4 is 21.8 Å². The summed E-state index contributed by atoms with van der Waals surface area (Å²) in [6.07, 6.45) is 2.38. The van der Waals surface area contributed by atoms with E-state index in [4.69, 9.17) is 5.73 Å². The first-order valence-electron chi connectivity index (χ1n) is 6.28. The molecule has 98 valence electrons. The molecule has 1 aromatic carbocycles. The summed E-state index contributed by atoms with van der Waals surface area (Å²) in [4.78, 5) is 14.2. The van der Waals surface area contributed by atoms with Crippen LogP contribution in [0.2, 0.25) is 0 Å². The number of carbonyl (C=O) groups excluding carboxylic acids is 1. The molecular formula is C14H19BrN2O. The summed E-state index contributed by atoms with van der Waals surface area (Å²) < 4.78 is 0.853. The van der Waals surface area contributed by atoms with Gasteiger partial charge in [0, 0.05) is 24.1 Å². The van der Waals surface area contributed by atoms with Crippen LogP contribution >= 0.6 is 15.9 Å². The quantitative estimate of drug-likeness (QED) is 0.929. The predicted octanol–water partition coefficient (Wildman–Crippen LogP) is 2.57. The normalized spacial score (nSPS) is 16.4. The highest BCUT2D eigenvalue weighted by atomic mass is 79.9. The van der Waals surface area contributed by atoms with E-state index in [9.17, 15) is 4.79 Å². The standard InChI is InChI=1S/C14H19BrN2O/c1-9-3-6-11(12(15)7-9)14(18)17(2)13(8-16)10-4-5-10/h3,6-7,10,13H,4-5,8,16H2,1-2H3. The Kier molecular flexibility index (Phi) is 4.07. The molecule has 0 bridgehead atoms. The smallest absolute Gasteiger partial charge is 0.255 e. The molecule has 0 aromatic heterocycles. The Morgan fingerprint density at radius 2 is 2.22 bits per heavy atom. The fraction of sp³-hybridized carbons (Fsp3) is 0.500. The minimum atomic E-state index is 0.0456. The Labute approximate surface area is 116 Å². The van der Waals surface area contributed by atoms with Gasteiger partial charge in [0.1, 0.15) is 0 Å². The molecular weight excluding hydrogens is 292 g/mol. The van der Waals surface area contributed by atoms with Crippen molar-refractivity contribution in [2.24, 2.45) is 11.7 Å². The van der Waals surface area contributed by atoms with Gasteiger partial charge in [0.05, 0.1) is 5.56 Å². The van der Waals surface area contributed by atoms with Gasteiger partial charge in [0.15, 0.2) is 0 Å². The Hall–Kier alpha value is -0.870. The summed E-state index contributed by atoms with van der Waals surface area (Å²) in [5.41, 5.74) is 7.64. The molecule has 1 aromatic rings. The van der Waals surface area contributed by atoms with Crippen molar-refractivity contribution in [3.8, 4) is 0 Å². The summed E-state index contributed by atoms with van der Waals surface area (Å²) in [6.45, 7) is 2.55. The molecule has 1 aliphatic carbocycles. The zero-order valence-electron chi connectivity index (χ0n) is 10.8. The molecule has 1 unspecified atom stereocenters. The summed E-state index contributed by atoms with van der Waals surface area (Å²) in [5.74, 6) is 0.636. The average molecular weight is 311 g/mol. The van der Waals surface area contributed by atoms with Crippen molar-refractivity contribution in [3.63, 3.8) is 0 Å². The Morgan fingerprint density at radius 3 is 2.72 bits per heavy atom. The number of amides is 1. The van der Waals surface area contributed by atoms with Crippen molar-refractivity contribution in [1.82, 2.24) is 4.90 Å². The highest BCUT2D eigenvalue weighted by Gasteiger charge is 2.35. The van der Waals surface area contributed by atoms with E-state index in [1.807, 2.05) is 32.2 Å². The number of carbonyl (C=O) groups is 1. The highest BCUT2D eigenvalue weighted by molar-refractivity contribution is 9.10. The van der Waals surface area contributed by atoms with E-state index in [0.717, 1.165) is 10.0 Å². The molecule has 1 atom stereocenters.